The van der Waals surface area contributed by atoms with Crippen LogP contribution in [0.1, 0.15) is 22.3 Å². The van der Waals surface area contributed by atoms with Crippen LogP contribution >= 0.6 is 0 Å². The van der Waals surface area contributed by atoms with Crippen LogP contribution in [0.2, 0.25) is 0 Å². The molecule has 0 atom stereocenters. The monoisotopic (exact) mass is 540 g/mol. The normalized spacial score (nSPS) is 11.8. The SMILES string of the molecule is Cc1ccc2c(c1)c1cc(C)ccc1n2-c1cc(-n2c3ccccc3c3c4ccccc4ccc32)c(C=N)cc1C=N. The van der Waals surface area contributed by atoms with Crippen molar-refractivity contribution in [3.05, 3.63) is 131 Å². The molecule has 42 heavy (non-hydrogen) atoms. The molecule has 0 aliphatic carbocycles. The maximum absolute atomic E-state index is 8.44. The number of rotatable bonds is 4. The Bertz CT molecular complexity index is 2360. The van der Waals surface area contributed by atoms with E-state index in [-0.39, 0.29) is 0 Å². The second kappa shape index (κ2) is 9.02. The molecule has 0 unspecified atom stereocenters. The topological polar surface area (TPSA) is 57.6 Å². The van der Waals surface area contributed by atoms with Crippen LogP contribution in [0.15, 0.2) is 109 Å². The molecular formula is C38H28N4. The highest BCUT2D eigenvalue weighted by atomic mass is 15.0. The van der Waals surface area contributed by atoms with Crippen molar-refractivity contribution in [1.82, 2.24) is 9.13 Å². The highest BCUT2D eigenvalue weighted by Crippen LogP contribution is 2.40. The average molecular weight is 541 g/mol. The fourth-order valence-corrected chi connectivity index (χ4v) is 6.74. The number of nitrogens with one attached hydrogen (secondary N) is 2. The van der Waals surface area contributed by atoms with E-state index < -0.39 is 0 Å². The van der Waals surface area contributed by atoms with E-state index in [0.29, 0.717) is 0 Å². The van der Waals surface area contributed by atoms with Crippen molar-refractivity contribution >= 4 is 66.8 Å². The molecule has 8 rings (SSSR count). The van der Waals surface area contributed by atoms with Gasteiger partial charge in [-0.3, -0.25) is 0 Å². The number of para-hydroxylation sites is 1. The van der Waals surface area contributed by atoms with Gasteiger partial charge in [-0.05, 0) is 73.2 Å². The van der Waals surface area contributed by atoms with Gasteiger partial charge in [0.15, 0.2) is 0 Å². The molecule has 200 valence electrons. The summed E-state index contributed by atoms with van der Waals surface area (Å²) < 4.78 is 4.57. The van der Waals surface area contributed by atoms with Gasteiger partial charge in [0.2, 0.25) is 0 Å². The molecule has 0 radical (unpaired) electrons. The van der Waals surface area contributed by atoms with Gasteiger partial charge in [0, 0.05) is 45.1 Å². The molecule has 0 aliphatic heterocycles. The summed E-state index contributed by atoms with van der Waals surface area (Å²) in [5.41, 5.74) is 10.2. The summed E-state index contributed by atoms with van der Waals surface area (Å²) in [6, 6.07) is 38.8. The third-order valence-electron chi connectivity index (χ3n) is 8.61. The molecule has 2 N–H and O–H groups in total. The van der Waals surface area contributed by atoms with E-state index in [2.05, 4.69) is 126 Å². The Balaban J connectivity index is 1.53. The Hall–Kier alpha value is -5.48. The molecule has 4 nitrogen and oxygen atoms in total. The minimum Gasteiger partial charge on any atom is -0.309 e. The first-order valence-electron chi connectivity index (χ1n) is 14.2. The lowest BCUT2D eigenvalue weighted by molar-refractivity contribution is 1.12. The molecule has 2 aromatic heterocycles. The molecule has 2 heterocycles. The van der Waals surface area contributed by atoms with Gasteiger partial charge < -0.3 is 20.0 Å². The lowest BCUT2D eigenvalue weighted by atomic mass is 10.0. The van der Waals surface area contributed by atoms with Gasteiger partial charge >= 0.3 is 0 Å². The van der Waals surface area contributed by atoms with Gasteiger partial charge in [0.1, 0.15) is 0 Å². The van der Waals surface area contributed by atoms with Gasteiger partial charge in [-0.15, -0.1) is 0 Å². The summed E-state index contributed by atoms with van der Waals surface area (Å²) in [6.07, 6.45) is 2.82. The zero-order chi connectivity index (χ0) is 28.5. The molecule has 0 saturated heterocycles. The zero-order valence-corrected chi connectivity index (χ0v) is 23.4. The third kappa shape index (κ3) is 3.36. The second-order valence-electron chi connectivity index (χ2n) is 11.2. The molecular weight excluding hydrogens is 512 g/mol. The van der Waals surface area contributed by atoms with E-state index in [1.54, 1.807) is 0 Å². The molecule has 6 aromatic carbocycles. The lowest BCUT2D eigenvalue weighted by Crippen LogP contribution is -2.06. The van der Waals surface area contributed by atoms with Gasteiger partial charge in [-0.1, -0.05) is 71.8 Å². The summed E-state index contributed by atoms with van der Waals surface area (Å²) in [7, 11) is 0. The zero-order valence-electron chi connectivity index (χ0n) is 23.4. The van der Waals surface area contributed by atoms with Crippen LogP contribution in [0.3, 0.4) is 0 Å². The standard InChI is InChI=1S/C38H28N4/c1-23-11-14-33-30(17-23)31-18-24(2)12-15-34(31)41(33)36-20-37(27(22-40)19-26(36)21-39)42-32-10-6-5-9-29(32)38-28-8-4-3-7-25(28)13-16-35(38)42/h3-22,39-40H,1-2H3. The van der Waals surface area contributed by atoms with Gasteiger partial charge in [0.05, 0.1) is 33.4 Å². The number of aromatic nitrogens is 2. The predicted molar refractivity (Wildman–Crippen MR) is 178 cm³/mol. The molecule has 4 heteroatoms. The van der Waals surface area contributed by atoms with Crippen molar-refractivity contribution in [2.75, 3.05) is 0 Å². The highest BCUT2D eigenvalue weighted by molar-refractivity contribution is 6.21. The lowest BCUT2D eigenvalue weighted by Gasteiger charge is -2.18. The summed E-state index contributed by atoms with van der Waals surface area (Å²) in [5.74, 6) is 0. The summed E-state index contributed by atoms with van der Waals surface area (Å²) in [5, 5.41) is 24.1. The highest BCUT2D eigenvalue weighted by Gasteiger charge is 2.20. The van der Waals surface area contributed by atoms with Crippen LogP contribution in [-0.4, -0.2) is 21.6 Å². The van der Waals surface area contributed by atoms with E-state index in [9.17, 15) is 0 Å². The van der Waals surface area contributed by atoms with Crippen molar-refractivity contribution in [2.24, 2.45) is 0 Å². The van der Waals surface area contributed by atoms with E-state index in [0.717, 1.165) is 44.6 Å². The Kier molecular flexibility index (Phi) is 5.22. The first-order valence-corrected chi connectivity index (χ1v) is 14.2. The van der Waals surface area contributed by atoms with Crippen molar-refractivity contribution in [2.45, 2.75) is 13.8 Å². The quantitative estimate of drug-likeness (QED) is 0.209. The summed E-state index contributed by atoms with van der Waals surface area (Å²) in [6.45, 7) is 4.26. The fraction of sp³-hybridized carbons (Fsp3) is 0.0526. The number of nitrogens with zero attached hydrogens (tertiary/aromatic N) is 2. The van der Waals surface area contributed by atoms with Crippen molar-refractivity contribution in [3.63, 3.8) is 0 Å². The van der Waals surface area contributed by atoms with Crippen LogP contribution in [0.5, 0.6) is 0 Å². The van der Waals surface area contributed by atoms with Crippen LogP contribution in [0, 0.1) is 24.7 Å². The van der Waals surface area contributed by atoms with Gasteiger partial charge in [0.25, 0.3) is 0 Å². The third-order valence-corrected chi connectivity index (χ3v) is 8.61. The van der Waals surface area contributed by atoms with Crippen LogP contribution < -0.4 is 0 Å². The molecule has 0 aliphatic rings. The van der Waals surface area contributed by atoms with E-state index >= 15 is 0 Å². The molecule has 0 saturated carbocycles. The van der Waals surface area contributed by atoms with Crippen LogP contribution in [0.4, 0.5) is 0 Å². The van der Waals surface area contributed by atoms with E-state index in [1.165, 1.54) is 55.9 Å². The second-order valence-corrected chi connectivity index (χ2v) is 11.2. The Labute approximate surface area is 243 Å². The van der Waals surface area contributed by atoms with Crippen LogP contribution in [-0.2, 0) is 0 Å². The van der Waals surface area contributed by atoms with Gasteiger partial charge in [-0.25, -0.2) is 0 Å². The van der Waals surface area contributed by atoms with Gasteiger partial charge in [-0.2, -0.15) is 0 Å². The van der Waals surface area contributed by atoms with Crippen molar-refractivity contribution in [3.8, 4) is 11.4 Å². The molecule has 0 bridgehead atoms. The summed E-state index contributed by atoms with van der Waals surface area (Å²) in [4.78, 5) is 0. The average Bonchev–Trinajstić information content (AvgIpc) is 3.52. The first-order chi connectivity index (χ1) is 20.6. The van der Waals surface area contributed by atoms with E-state index in [1.807, 2.05) is 6.07 Å². The molecule has 0 fully saturated rings. The number of hydrogen-bond donors (Lipinski definition) is 2. The Morgan fingerprint density at radius 2 is 1.00 bits per heavy atom. The van der Waals surface area contributed by atoms with E-state index in [4.69, 9.17) is 10.8 Å². The molecule has 8 aromatic rings. The predicted octanol–water partition coefficient (Wildman–Crippen LogP) is 9.65. The smallest absolute Gasteiger partial charge is 0.0571 e. The van der Waals surface area contributed by atoms with Crippen molar-refractivity contribution < 1.29 is 0 Å². The number of aryl methyl sites for hydroxylation is 2. The van der Waals surface area contributed by atoms with Crippen LogP contribution in [0.25, 0.3) is 65.8 Å². The fourth-order valence-electron chi connectivity index (χ4n) is 6.74. The molecule has 0 amide bonds. The van der Waals surface area contributed by atoms with Crippen molar-refractivity contribution in [1.29, 1.82) is 10.8 Å². The maximum Gasteiger partial charge on any atom is 0.0571 e. The number of hydrogen-bond acceptors (Lipinski definition) is 2. The largest absolute Gasteiger partial charge is 0.309 e. The summed E-state index contributed by atoms with van der Waals surface area (Å²) >= 11 is 0. The number of benzene rings is 6. The molecule has 0 spiro atoms. The maximum atomic E-state index is 8.44. The minimum absolute atomic E-state index is 0.764. The number of fused-ring (bicyclic) bond motifs is 8. The Morgan fingerprint density at radius 1 is 0.476 bits per heavy atom. The minimum atomic E-state index is 0.764. The first kappa shape index (κ1) is 24.3. The Morgan fingerprint density at radius 3 is 1.64 bits per heavy atom.